The molecule has 4 saturated carbocycles. The summed E-state index contributed by atoms with van der Waals surface area (Å²) in [6.45, 7) is 9.53. The minimum absolute atomic E-state index is 0.0446. The molecular formula is C31H46N2O2. The van der Waals surface area contributed by atoms with Crippen LogP contribution in [0.15, 0.2) is 18.2 Å². The van der Waals surface area contributed by atoms with Gasteiger partial charge in [0.25, 0.3) is 0 Å². The number of aliphatic hydroxyl groups excluding tert-OH is 2. The molecule has 0 aliphatic heterocycles. The van der Waals surface area contributed by atoms with Crippen LogP contribution in [0.25, 0.3) is 11.0 Å². The molecule has 0 amide bonds. The Morgan fingerprint density at radius 2 is 1.89 bits per heavy atom. The second kappa shape index (κ2) is 8.58. The molecule has 2 aromatic rings. The minimum atomic E-state index is -0.194. The fourth-order valence-electron chi connectivity index (χ4n) is 10.0. The highest BCUT2D eigenvalue weighted by Gasteiger charge is 2.63. The molecule has 4 aliphatic rings. The van der Waals surface area contributed by atoms with E-state index in [9.17, 15) is 10.2 Å². The lowest BCUT2D eigenvalue weighted by atomic mass is 9.43. The summed E-state index contributed by atoms with van der Waals surface area (Å²) in [6, 6.07) is 6.44. The summed E-state index contributed by atoms with van der Waals surface area (Å²) in [6.07, 6.45) is 11.0. The van der Waals surface area contributed by atoms with Gasteiger partial charge >= 0.3 is 0 Å². The average Bonchev–Trinajstić information content (AvgIpc) is 3.40. The van der Waals surface area contributed by atoms with E-state index in [4.69, 9.17) is 4.98 Å². The Morgan fingerprint density at radius 1 is 1.06 bits per heavy atom. The number of hydrogen-bond donors (Lipinski definition) is 3. The van der Waals surface area contributed by atoms with Crippen molar-refractivity contribution >= 4 is 11.0 Å². The molecule has 0 bridgehead atoms. The number of benzene rings is 1. The molecule has 1 heterocycles. The van der Waals surface area contributed by atoms with Crippen molar-refractivity contribution in [3.63, 3.8) is 0 Å². The van der Waals surface area contributed by atoms with Crippen LogP contribution in [0.4, 0.5) is 0 Å². The van der Waals surface area contributed by atoms with E-state index in [1.807, 2.05) is 0 Å². The molecule has 4 aliphatic carbocycles. The molecule has 4 fully saturated rings. The lowest BCUT2D eigenvalue weighted by Gasteiger charge is -2.62. The first-order chi connectivity index (χ1) is 16.7. The fraction of sp³-hybridized carbons (Fsp3) is 0.774. The van der Waals surface area contributed by atoms with E-state index in [0.717, 1.165) is 61.3 Å². The first-order valence-corrected chi connectivity index (χ1v) is 14.5. The Hall–Kier alpha value is -1.39. The van der Waals surface area contributed by atoms with Crippen molar-refractivity contribution in [2.75, 3.05) is 0 Å². The van der Waals surface area contributed by atoms with Crippen molar-refractivity contribution in [3.8, 4) is 0 Å². The van der Waals surface area contributed by atoms with E-state index >= 15 is 0 Å². The SMILES string of the molecule is Cc1ccc2nc(CC[C@H](C)[C@@H]3CC[C@@H]4[C@H]5CC[C@H]6C[C@@H](O)CC[C@]6(C)[C@@H]5C[C@@H](O)[C@@]43C)[nH]c2c1. The summed E-state index contributed by atoms with van der Waals surface area (Å²) >= 11 is 0. The Kier molecular flexibility index (Phi) is 5.88. The van der Waals surface area contributed by atoms with Crippen molar-refractivity contribution in [2.24, 2.45) is 46.3 Å². The normalized spacial score (nSPS) is 44.0. The lowest BCUT2D eigenvalue weighted by molar-refractivity contribution is -0.174. The predicted molar refractivity (Wildman–Crippen MR) is 141 cm³/mol. The van der Waals surface area contributed by atoms with Gasteiger partial charge in [-0.15, -0.1) is 0 Å². The van der Waals surface area contributed by atoms with Gasteiger partial charge in [0.2, 0.25) is 0 Å². The van der Waals surface area contributed by atoms with Crippen LogP contribution in [-0.2, 0) is 6.42 Å². The zero-order valence-corrected chi connectivity index (χ0v) is 22.3. The molecule has 1 aromatic carbocycles. The molecule has 1 aromatic heterocycles. The van der Waals surface area contributed by atoms with Crippen molar-refractivity contribution < 1.29 is 10.2 Å². The fourth-order valence-corrected chi connectivity index (χ4v) is 10.0. The third-order valence-electron chi connectivity index (χ3n) is 12.0. The van der Waals surface area contributed by atoms with Crippen LogP contribution in [0.1, 0.15) is 89.9 Å². The number of aromatic amines is 1. The van der Waals surface area contributed by atoms with Gasteiger partial charge in [0.1, 0.15) is 5.82 Å². The van der Waals surface area contributed by atoms with Gasteiger partial charge < -0.3 is 15.2 Å². The maximum atomic E-state index is 11.8. The number of nitrogens with zero attached hydrogens (tertiary/aromatic N) is 1. The topological polar surface area (TPSA) is 69.1 Å². The number of rotatable bonds is 4. The summed E-state index contributed by atoms with van der Waals surface area (Å²) in [7, 11) is 0. The number of fused-ring (bicyclic) bond motifs is 6. The Labute approximate surface area is 211 Å². The monoisotopic (exact) mass is 478 g/mol. The van der Waals surface area contributed by atoms with E-state index in [0.29, 0.717) is 35.0 Å². The zero-order chi connectivity index (χ0) is 24.5. The summed E-state index contributed by atoms with van der Waals surface area (Å²) in [5.41, 5.74) is 3.84. The molecule has 6 rings (SSSR count). The summed E-state index contributed by atoms with van der Waals surface area (Å²) in [5.74, 6) is 4.98. The second-order valence-corrected chi connectivity index (χ2v) is 13.6. The van der Waals surface area contributed by atoms with Gasteiger partial charge in [-0.2, -0.15) is 0 Å². The zero-order valence-electron chi connectivity index (χ0n) is 22.3. The molecule has 35 heavy (non-hydrogen) atoms. The average molecular weight is 479 g/mol. The number of imidazole rings is 1. The third kappa shape index (κ3) is 3.72. The van der Waals surface area contributed by atoms with Gasteiger partial charge in [-0.3, -0.25) is 0 Å². The van der Waals surface area contributed by atoms with Gasteiger partial charge in [-0.25, -0.2) is 4.98 Å². The van der Waals surface area contributed by atoms with Crippen molar-refractivity contribution in [2.45, 2.75) is 104 Å². The van der Waals surface area contributed by atoms with E-state index in [-0.39, 0.29) is 17.6 Å². The quantitative estimate of drug-likeness (QED) is 0.474. The smallest absolute Gasteiger partial charge is 0.107 e. The standard InChI is InChI=1S/C31H46N2O2/c1-18-5-11-26-27(15-18)33-29(32-26)12-6-19(2)23-9-10-24-22-8-7-20-16-21(34)13-14-30(20,3)25(22)17-28(35)31(23,24)4/h5,11,15,19-25,28,34-35H,6-10,12-14,16-17H2,1-4H3,(H,32,33)/t19-,20-,21-,22+,23-,24+,25+,28+,30-,31+/m0/s1. The number of aliphatic hydroxyl groups is 2. The Balaban J connectivity index is 1.18. The first-order valence-electron chi connectivity index (χ1n) is 14.5. The number of nitrogens with one attached hydrogen (secondary N) is 1. The van der Waals surface area contributed by atoms with Crippen LogP contribution in [0, 0.1) is 53.3 Å². The molecule has 10 atom stereocenters. The number of aromatic nitrogens is 2. The van der Waals surface area contributed by atoms with E-state index in [2.05, 4.69) is 50.9 Å². The lowest BCUT2D eigenvalue weighted by Crippen LogP contribution is -2.58. The largest absolute Gasteiger partial charge is 0.393 e. The molecule has 0 radical (unpaired) electrons. The van der Waals surface area contributed by atoms with Crippen LogP contribution < -0.4 is 0 Å². The Morgan fingerprint density at radius 3 is 2.71 bits per heavy atom. The van der Waals surface area contributed by atoms with Gasteiger partial charge in [0.15, 0.2) is 0 Å². The van der Waals surface area contributed by atoms with Crippen LogP contribution in [0.5, 0.6) is 0 Å². The van der Waals surface area contributed by atoms with Crippen molar-refractivity contribution in [3.05, 3.63) is 29.6 Å². The van der Waals surface area contributed by atoms with E-state index in [1.54, 1.807) is 0 Å². The van der Waals surface area contributed by atoms with Crippen LogP contribution in [-0.4, -0.2) is 32.4 Å². The first kappa shape index (κ1) is 24.0. The molecule has 0 unspecified atom stereocenters. The minimum Gasteiger partial charge on any atom is -0.393 e. The number of H-pyrrole nitrogens is 1. The molecule has 0 saturated heterocycles. The summed E-state index contributed by atoms with van der Waals surface area (Å²) in [4.78, 5) is 8.40. The van der Waals surface area contributed by atoms with E-state index < -0.39 is 0 Å². The maximum absolute atomic E-state index is 11.8. The van der Waals surface area contributed by atoms with Gasteiger partial charge in [-0.05, 0) is 129 Å². The number of hydrogen-bond acceptors (Lipinski definition) is 3. The highest BCUT2D eigenvalue weighted by molar-refractivity contribution is 5.75. The second-order valence-electron chi connectivity index (χ2n) is 13.6. The summed E-state index contributed by atoms with van der Waals surface area (Å²) in [5, 5.41) is 22.1. The molecule has 0 spiro atoms. The van der Waals surface area contributed by atoms with Gasteiger partial charge in [0.05, 0.1) is 23.2 Å². The van der Waals surface area contributed by atoms with Crippen molar-refractivity contribution in [1.82, 2.24) is 9.97 Å². The predicted octanol–water partition coefficient (Wildman–Crippen LogP) is 6.43. The highest BCUT2D eigenvalue weighted by Crippen LogP contribution is 2.68. The molecule has 4 heteroatoms. The number of aryl methyl sites for hydroxylation is 2. The van der Waals surface area contributed by atoms with E-state index in [1.165, 1.54) is 31.2 Å². The van der Waals surface area contributed by atoms with Crippen molar-refractivity contribution in [1.29, 1.82) is 0 Å². The molecule has 192 valence electrons. The van der Waals surface area contributed by atoms with Crippen LogP contribution in [0.2, 0.25) is 0 Å². The van der Waals surface area contributed by atoms with Gasteiger partial charge in [-0.1, -0.05) is 26.8 Å². The molecule has 3 N–H and O–H groups in total. The van der Waals surface area contributed by atoms with Gasteiger partial charge in [0, 0.05) is 6.42 Å². The molecule has 4 nitrogen and oxygen atoms in total. The molecular weight excluding hydrogens is 432 g/mol. The third-order valence-corrected chi connectivity index (χ3v) is 12.0. The Bertz CT molecular complexity index is 1080. The van der Waals surface area contributed by atoms with Crippen LogP contribution in [0.3, 0.4) is 0 Å². The summed E-state index contributed by atoms with van der Waals surface area (Å²) < 4.78 is 0. The highest BCUT2D eigenvalue weighted by atomic mass is 16.3. The van der Waals surface area contributed by atoms with Crippen LogP contribution >= 0.6 is 0 Å². The maximum Gasteiger partial charge on any atom is 0.107 e.